The van der Waals surface area contributed by atoms with Crippen LogP contribution in [0.2, 0.25) is 0 Å². The molecule has 0 N–H and O–H groups in total. The van der Waals surface area contributed by atoms with E-state index in [-0.39, 0.29) is 11.4 Å². The average Bonchev–Trinajstić information content (AvgIpc) is 2.08. The molecule has 0 fully saturated rings. The molecule has 0 amide bonds. The zero-order valence-electron chi connectivity index (χ0n) is 8.64. The zero-order valence-corrected chi connectivity index (χ0v) is 8.64. The number of ether oxygens (including phenoxy) is 1. The molecule has 0 radical (unpaired) electrons. The molecular weight excluding hydrogens is 152 g/mol. The van der Waals surface area contributed by atoms with Gasteiger partial charge < -0.3 is 4.74 Å². The number of carbonyl (C=O) groups excluding carboxylic acids is 1. The van der Waals surface area contributed by atoms with Gasteiger partial charge in [-0.2, -0.15) is 0 Å². The number of rotatable bonds is 5. The molecule has 72 valence electrons. The Kier molecular flexibility index (Phi) is 4.95. The summed E-state index contributed by atoms with van der Waals surface area (Å²) < 4.78 is 5.04. The second kappa shape index (κ2) is 5.18. The molecule has 0 aromatic carbocycles. The minimum Gasteiger partial charge on any atom is -0.465 e. The lowest BCUT2D eigenvalue weighted by atomic mass is 9.81. The van der Waals surface area contributed by atoms with Crippen molar-refractivity contribution in [2.75, 3.05) is 6.61 Å². The standard InChI is InChI=1S/C10H20O2/c1-5-10(6-2,7-3)8-12-9(4)11/h5-8H2,1-4H3. The fraction of sp³-hybridized carbons (Fsp3) is 0.900. The third-order valence-corrected chi connectivity index (χ3v) is 2.83. The largest absolute Gasteiger partial charge is 0.465 e. The van der Waals surface area contributed by atoms with Gasteiger partial charge in [0.2, 0.25) is 0 Å². The summed E-state index contributed by atoms with van der Waals surface area (Å²) in [6.45, 7) is 8.49. The predicted octanol–water partition coefficient (Wildman–Crippen LogP) is 2.77. The summed E-state index contributed by atoms with van der Waals surface area (Å²) in [5.41, 5.74) is 0.214. The Labute approximate surface area is 75.3 Å². The SMILES string of the molecule is CCC(CC)(CC)COC(C)=O. The van der Waals surface area contributed by atoms with Crippen LogP contribution >= 0.6 is 0 Å². The fourth-order valence-corrected chi connectivity index (χ4v) is 1.31. The maximum atomic E-state index is 10.6. The Morgan fingerprint density at radius 1 is 1.17 bits per heavy atom. The molecule has 0 aromatic rings. The fourth-order valence-electron chi connectivity index (χ4n) is 1.31. The van der Waals surface area contributed by atoms with E-state index in [1.165, 1.54) is 6.92 Å². The van der Waals surface area contributed by atoms with Gasteiger partial charge in [-0.25, -0.2) is 0 Å². The van der Waals surface area contributed by atoms with Crippen LogP contribution in [0.15, 0.2) is 0 Å². The van der Waals surface area contributed by atoms with Crippen LogP contribution in [0.25, 0.3) is 0 Å². The first-order chi connectivity index (χ1) is 5.60. The van der Waals surface area contributed by atoms with Crippen LogP contribution in [-0.2, 0) is 9.53 Å². The highest BCUT2D eigenvalue weighted by Gasteiger charge is 2.24. The molecule has 0 aromatic heterocycles. The van der Waals surface area contributed by atoms with E-state index in [2.05, 4.69) is 20.8 Å². The Hall–Kier alpha value is -0.530. The van der Waals surface area contributed by atoms with Crippen molar-refractivity contribution in [2.45, 2.75) is 47.0 Å². The smallest absolute Gasteiger partial charge is 0.302 e. The summed E-state index contributed by atoms with van der Waals surface area (Å²) in [5, 5.41) is 0. The van der Waals surface area contributed by atoms with Gasteiger partial charge >= 0.3 is 5.97 Å². The first-order valence-electron chi connectivity index (χ1n) is 4.73. The van der Waals surface area contributed by atoms with Crippen LogP contribution in [0, 0.1) is 5.41 Å². The van der Waals surface area contributed by atoms with Crippen molar-refractivity contribution in [1.29, 1.82) is 0 Å². The third-order valence-electron chi connectivity index (χ3n) is 2.83. The molecule has 0 atom stereocenters. The molecular formula is C10H20O2. The summed E-state index contributed by atoms with van der Waals surface area (Å²) in [7, 11) is 0. The van der Waals surface area contributed by atoms with Crippen LogP contribution in [0.3, 0.4) is 0 Å². The van der Waals surface area contributed by atoms with Crippen molar-refractivity contribution in [1.82, 2.24) is 0 Å². The molecule has 0 saturated carbocycles. The van der Waals surface area contributed by atoms with Crippen molar-refractivity contribution in [3.05, 3.63) is 0 Å². The van der Waals surface area contributed by atoms with Crippen molar-refractivity contribution in [3.63, 3.8) is 0 Å². The topological polar surface area (TPSA) is 26.3 Å². The van der Waals surface area contributed by atoms with E-state index in [0.29, 0.717) is 6.61 Å². The molecule has 12 heavy (non-hydrogen) atoms. The second-order valence-electron chi connectivity index (χ2n) is 3.34. The Morgan fingerprint density at radius 2 is 1.58 bits per heavy atom. The van der Waals surface area contributed by atoms with Gasteiger partial charge in [0.25, 0.3) is 0 Å². The monoisotopic (exact) mass is 172 g/mol. The van der Waals surface area contributed by atoms with Gasteiger partial charge in [0.1, 0.15) is 0 Å². The number of esters is 1. The van der Waals surface area contributed by atoms with E-state index in [0.717, 1.165) is 19.3 Å². The van der Waals surface area contributed by atoms with E-state index in [4.69, 9.17) is 4.74 Å². The molecule has 2 heteroatoms. The highest BCUT2D eigenvalue weighted by Crippen LogP contribution is 2.30. The van der Waals surface area contributed by atoms with Gasteiger partial charge in [-0.15, -0.1) is 0 Å². The molecule has 0 bridgehead atoms. The molecule has 0 spiro atoms. The molecule has 0 unspecified atom stereocenters. The molecule has 0 aliphatic rings. The maximum Gasteiger partial charge on any atom is 0.302 e. The lowest BCUT2D eigenvalue weighted by molar-refractivity contribution is -0.144. The van der Waals surface area contributed by atoms with Gasteiger partial charge in [0.15, 0.2) is 0 Å². The van der Waals surface area contributed by atoms with Gasteiger partial charge in [-0.05, 0) is 19.3 Å². The molecule has 0 aliphatic carbocycles. The van der Waals surface area contributed by atoms with E-state index in [1.807, 2.05) is 0 Å². The highest BCUT2D eigenvalue weighted by molar-refractivity contribution is 5.65. The van der Waals surface area contributed by atoms with Crippen molar-refractivity contribution >= 4 is 5.97 Å². The Bertz CT molecular complexity index is 129. The van der Waals surface area contributed by atoms with Gasteiger partial charge in [0, 0.05) is 12.3 Å². The van der Waals surface area contributed by atoms with Crippen molar-refractivity contribution in [3.8, 4) is 0 Å². The van der Waals surface area contributed by atoms with Crippen LogP contribution < -0.4 is 0 Å². The van der Waals surface area contributed by atoms with Crippen molar-refractivity contribution < 1.29 is 9.53 Å². The third kappa shape index (κ3) is 3.24. The van der Waals surface area contributed by atoms with E-state index in [9.17, 15) is 4.79 Å². The molecule has 0 rings (SSSR count). The minimum atomic E-state index is -0.172. The summed E-state index contributed by atoms with van der Waals surface area (Å²) in [6.07, 6.45) is 3.23. The van der Waals surface area contributed by atoms with Gasteiger partial charge in [-0.3, -0.25) is 4.79 Å². The van der Waals surface area contributed by atoms with E-state index >= 15 is 0 Å². The van der Waals surface area contributed by atoms with Crippen LogP contribution in [0.4, 0.5) is 0 Å². The average molecular weight is 172 g/mol. The molecule has 0 saturated heterocycles. The summed E-state index contributed by atoms with van der Waals surface area (Å²) in [4.78, 5) is 10.6. The van der Waals surface area contributed by atoms with Gasteiger partial charge in [-0.1, -0.05) is 20.8 Å². The first-order valence-corrected chi connectivity index (χ1v) is 4.73. The predicted molar refractivity (Wildman–Crippen MR) is 49.9 cm³/mol. The van der Waals surface area contributed by atoms with Gasteiger partial charge in [0.05, 0.1) is 6.61 Å². The summed E-state index contributed by atoms with van der Waals surface area (Å²) >= 11 is 0. The molecule has 0 heterocycles. The summed E-state index contributed by atoms with van der Waals surface area (Å²) in [5.74, 6) is -0.172. The quantitative estimate of drug-likeness (QED) is 0.596. The van der Waals surface area contributed by atoms with Crippen LogP contribution in [0.5, 0.6) is 0 Å². The summed E-state index contributed by atoms with van der Waals surface area (Å²) in [6, 6.07) is 0. The van der Waals surface area contributed by atoms with E-state index in [1.54, 1.807) is 0 Å². The normalized spacial score (nSPS) is 11.3. The van der Waals surface area contributed by atoms with Crippen molar-refractivity contribution in [2.24, 2.45) is 5.41 Å². The molecule has 0 aliphatic heterocycles. The van der Waals surface area contributed by atoms with Crippen LogP contribution in [-0.4, -0.2) is 12.6 Å². The first kappa shape index (κ1) is 11.5. The zero-order chi connectivity index (χ0) is 9.61. The Balaban J connectivity index is 4.01. The number of hydrogen-bond donors (Lipinski definition) is 0. The Morgan fingerprint density at radius 3 is 1.83 bits per heavy atom. The lowest BCUT2D eigenvalue weighted by Gasteiger charge is -2.29. The number of carbonyl (C=O) groups is 1. The number of hydrogen-bond acceptors (Lipinski definition) is 2. The molecule has 2 nitrogen and oxygen atoms in total. The minimum absolute atomic E-state index is 0.172. The van der Waals surface area contributed by atoms with E-state index < -0.39 is 0 Å². The van der Waals surface area contributed by atoms with Crippen LogP contribution in [0.1, 0.15) is 47.0 Å². The highest BCUT2D eigenvalue weighted by atomic mass is 16.5. The maximum absolute atomic E-state index is 10.6. The second-order valence-corrected chi connectivity index (χ2v) is 3.34. The lowest BCUT2D eigenvalue weighted by Crippen LogP contribution is -2.25.